The molecule has 210 valence electrons. The van der Waals surface area contributed by atoms with E-state index in [0.717, 1.165) is 33.7 Å². The molecular formula is C41H25N3S. The largest absolute Gasteiger partial charge is 0.309 e. The third kappa shape index (κ3) is 3.54. The first kappa shape index (κ1) is 24.7. The minimum absolute atomic E-state index is 0.988. The number of aromatic nitrogens is 3. The molecule has 0 fully saturated rings. The second-order valence-corrected chi connectivity index (χ2v) is 12.6. The average molecular weight is 592 g/mol. The third-order valence-electron chi connectivity index (χ3n) is 9.12. The van der Waals surface area contributed by atoms with E-state index < -0.39 is 0 Å². The Labute approximate surface area is 262 Å². The van der Waals surface area contributed by atoms with Crippen LogP contribution in [0.3, 0.4) is 0 Å². The predicted octanol–water partition coefficient (Wildman–Crippen LogP) is 11.3. The van der Waals surface area contributed by atoms with Crippen LogP contribution < -0.4 is 0 Å². The van der Waals surface area contributed by atoms with Gasteiger partial charge in [-0.2, -0.15) is 0 Å². The smallest absolute Gasteiger partial charge is 0.0985 e. The molecule has 3 nitrogen and oxygen atoms in total. The molecule has 0 amide bonds. The molecule has 0 spiro atoms. The minimum atomic E-state index is 0.988. The van der Waals surface area contributed by atoms with Crippen molar-refractivity contribution in [3.05, 3.63) is 152 Å². The Bertz CT molecular complexity index is 2750. The summed E-state index contributed by atoms with van der Waals surface area (Å²) >= 11 is 1.86. The molecule has 0 atom stereocenters. The Hall–Kier alpha value is -5.71. The molecule has 0 saturated heterocycles. The molecule has 0 bridgehead atoms. The first-order chi connectivity index (χ1) is 22.3. The number of hydrogen-bond acceptors (Lipinski definition) is 2. The highest BCUT2D eigenvalue weighted by molar-refractivity contribution is 7.26. The zero-order valence-corrected chi connectivity index (χ0v) is 25.0. The van der Waals surface area contributed by atoms with Crippen LogP contribution in [0.4, 0.5) is 0 Å². The van der Waals surface area contributed by atoms with Gasteiger partial charge in [0.2, 0.25) is 0 Å². The molecule has 0 aliphatic heterocycles. The van der Waals surface area contributed by atoms with Gasteiger partial charge in [-0.15, -0.1) is 11.3 Å². The molecule has 0 N–H and O–H groups in total. The SMILES string of the molecule is c1ccc(-c2ccc3c(n2)c2c4sc5ccccc5c4ccc2n3-c2ccc3c(c2)c2ccccc2n3-c2ccccc2)cc1. The summed E-state index contributed by atoms with van der Waals surface area (Å²) in [5.41, 5.74) is 10.1. The minimum Gasteiger partial charge on any atom is -0.309 e. The molecule has 10 aromatic rings. The third-order valence-corrected chi connectivity index (χ3v) is 10.3. The van der Waals surface area contributed by atoms with Crippen molar-refractivity contribution >= 4 is 75.3 Å². The van der Waals surface area contributed by atoms with E-state index in [9.17, 15) is 0 Å². The maximum Gasteiger partial charge on any atom is 0.0985 e. The van der Waals surface area contributed by atoms with E-state index in [4.69, 9.17) is 4.98 Å². The molecular weight excluding hydrogens is 567 g/mol. The average Bonchev–Trinajstić information content (AvgIpc) is 3.76. The lowest BCUT2D eigenvalue weighted by Gasteiger charge is -2.10. The van der Waals surface area contributed by atoms with E-state index >= 15 is 0 Å². The van der Waals surface area contributed by atoms with Gasteiger partial charge in [0.15, 0.2) is 0 Å². The van der Waals surface area contributed by atoms with Gasteiger partial charge in [-0.25, -0.2) is 4.98 Å². The van der Waals surface area contributed by atoms with E-state index in [0.29, 0.717) is 0 Å². The number of hydrogen-bond donors (Lipinski definition) is 0. The van der Waals surface area contributed by atoms with E-state index in [-0.39, 0.29) is 0 Å². The highest BCUT2D eigenvalue weighted by atomic mass is 32.1. The van der Waals surface area contributed by atoms with Crippen molar-refractivity contribution in [1.29, 1.82) is 0 Å². The van der Waals surface area contributed by atoms with Crippen molar-refractivity contribution in [2.45, 2.75) is 0 Å². The highest BCUT2D eigenvalue weighted by Gasteiger charge is 2.20. The molecule has 10 rings (SSSR count). The van der Waals surface area contributed by atoms with Gasteiger partial charge in [0, 0.05) is 53.3 Å². The first-order valence-electron chi connectivity index (χ1n) is 15.2. The van der Waals surface area contributed by atoms with Gasteiger partial charge in [-0.3, -0.25) is 0 Å². The normalized spacial score (nSPS) is 12.0. The van der Waals surface area contributed by atoms with Crippen LogP contribution in [0.25, 0.3) is 86.5 Å². The molecule has 45 heavy (non-hydrogen) atoms. The van der Waals surface area contributed by atoms with Crippen LogP contribution in [0.1, 0.15) is 0 Å². The monoisotopic (exact) mass is 591 g/mol. The Morgan fingerprint density at radius 1 is 0.444 bits per heavy atom. The molecule has 0 aliphatic carbocycles. The standard InChI is InChI=1S/C41H25N3S/c1-3-11-26(12-4-1)33-21-24-37-40(42-33)39-36(23-20-31-30-16-8-10-18-38(30)45-41(31)39)44(37)28-19-22-35-32(25-28)29-15-7-9-17-34(29)43(35)27-13-5-2-6-14-27/h1-25H. The maximum atomic E-state index is 5.38. The van der Waals surface area contributed by atoms with Crippen molar-refractivity contribution in [3.8, 4) is 22.6 Å². The second kappa shape index (κ2) is 9.39. The molecule has 4 heteroatoms. The van der Waals surface area contributed by atoms with Crippen molar-refractivity contribution in [1.82, 2.24) is 14.1 Å². The van der Waals surface area contributed by atoms with Gasteiger partial charge in [-0.05, 0) is 60.7 Å². The number of nitrogens with zero attached hydrogens (tertiary/aromatic N) is 3. The summed E-state index contributed by atoms with van der Waals surface area (Å²) in [4.78, 5) is 5.38. The topological polar surface area (TPSA) is 22.8 Å². The van der Waals surface area contributed by atoms with Crippen LogP contribution in [0.2, 0.25) is 0 Å². The van der Waals surface area contributed by atoms with Gasteiger partial charge in [0.1, 0.15) is 0 Å². The fraction of sp³-hybridized carbons (Fsp3) is 0. The van der Waals surface area contributed by atoms with Gasteiger partial charge < -0.3 is 9.13 Å². The van der Waals surface area contributed by atoms with Crippen LogP contribution >= 0.6 is 11.3 Å². The summed E-state index contributed by atoms with van der Waals surface area (Å²) in [6, 6.07) is 54.5. The van der Waals surface area contributed by atoms with E-state index in [1.54, 1.807) is 0 Å². The lowest BCUT2D eigenvalue weighted by molar-refractivity contribution is 1.16. The molecule has 4 aromatic heterocycles. The Morgan fingerprint density at radius 2 is 1.11 bits per heavy atom. The number of thiophene rings is 1. The van der Waals surface area contributed by atoms with Gasteiger partial charge in [0.25, 0.3) is 0 Å². The van der Waals surface area contributed by atoms with Crippen LogP contribution in [-0.2, 0) is 0 Å². The van der Waals surface area contributed by atoms with Gasteiger partial charge in [-0.1, -0.05) is 91.0 Å². The summed E-state index contributed by atoms with van der Waals surface area (Å²) in [5.74, 6) is 0. The summed E-state index contributed by atoms with van der Waals surface area (Å²) in [6.07, 6.45) is 0. The zero-order chi connectivity index (χ0) is 29.5. The molecule has 0 saturated carbocycles. The zero-order valence-electron chi connectivity index (χ0n) is 24.2. The van der Waals surface area contributed by atoms with Crippen LogP contribution in [0, 0.1) is 0 Å². The van der Waals surface area contributed by atoms with Crippen LogP contribution in [0.15, 0.2) is 152 Å². The van der Waals surface area contributed by atoms with Crippen molar-refractivity contribution in [3.63, 3.8) is 0 Å². The van der Waals surface area contributed by atoms with Crippen molar-refractivity contribution in [2.75, 3.05) is 0 Å². The number of pyridine rings is 1. The summed E-state index contributed by atoms with van der Waals surface area (Å²) < 4.78 is 7.37. The maximum absolute atomic E-state index is 5.38. The Morgan fingerprint density at radius 3 is 1.98 bits per heavy atom. The molecule has 6 aromatic carbocycles. The lowest BCUT2D eigenvalue weighted by Crippen LogP contribution is -1.96. The lowest BCUT2D eigenvalue weighted by atomic mass is 10.1. The summed E-state index contributed by atoms with van der Waals surface area (Å²) in [5, 5.41) is 6.28. The summed E-state index contributed by atoms with van der Waals surface area (Å²) in [7, 11) is 0. The van der Waals surface area contributed by atoms with Crippen molar-refractivity contribution in [2.24, 2.45) is 0 Å². The molecule has 0 aliphatic rings. The number of benzene rings is 6. The van der Waals surface area contributed by atoms with E-state index in [1.807, 2.05) is 11.3 Å². The first-order valence-corrected chi connectivity index (χ1v) is 16.0. The van der Waals surface area contributed by atoms with Crippen molar-refractivity contribution < 1.29 is 0 Å². The predicted molar refractivity (Wildman–Crippen MR) is 191 cm³/mol. The number of rotatable bonds is 3. The molecule has 4 heterocycles. The van der Waals surface area contributed by atoms with Gasteiger partial charge >= 0.3 is 0 Å². The fourth-order valence-electron chi connectivity index (χ4n) is 7.14. The van der Waals surface area contributed by atoms with Crippen LogP contribution in [0.5, 0.6) is 0 Å². The molecule has 0 unspecified atom stereocenters. The van der Waals surface area contributed by atoms with E-state index in [2.05, 4.69) is 161 Å². The number of para-hydroxylation sites is 2. The Balaban J connectivity index is 1.31. The number of fused-ring (bicyclic) bond motifs is 10. The second-order valence-electron chi connectivity index (χ2n) is 11.6. The highest BCUT2D eigenvalue weighted by Crippen LogP contribution is 2.44. The summed E-state index contributed by atoms with van der Waals surface area (Å²) in [6.45, 7) is 0. The van der Waals surface area contributed by atoms with Gasteiger partial charge in [0.05, 0.1) is 33.3 Å². The quantitative estimate of drug-likeness (QED) is 0.200. The fourth-order valence-corrected chi connectivity index (χ4v) is 8.39. The van der Waals surface area contributed by atoms with Crippen LogP contribution in [-0.4, -0.2) is 14.1 Å². The van der Waals surface area contributed by atoms with E-state index in [1.165, 1.54) is 52.9 Å². The Kier molecular flexibility index (Phi) is 5.16. The molecule has 0 radical (unpaired) electrons.